The zero-order valence-corrected chi connectivity index (χ0v) is 15.6. The van der Waals surface area contributed by atoms with E-state index in [1.807, 2.05) is 0 Å². The van der Waals surface area contributed by atoms with E-state index < -0.39 is 11.5 Å². The second kappa shape index (κ2) is 6.68. The lowest BCUT2D eigenvalue weighted by Crippen LogP contribution is -2.48. The summed E-state index contributed by atoms with van der Waals surface area (Å²) < 4.78 is 13.3. The van der Waals surface area contributed by atoms with Gasteiger partial charge in [-0.25, -0.2) is 4.39 Å². The smallest absolute Gasteiger partial charge is 0.231 e. The number of nitriles is 1. The Bertz CT molecular complexity index is 985. The van der Waals surface area contributed by atoms with Crippen molar-refractivity contribution in [1.29, 1.82) is 5.26 Å². The van der Waals surface area contributed by atoms with Gasteiger partial charge in [-0.15, -0.1) is 11.8 Å². The first-order chi connectivity index (χ1) is 12.9. The Labute approximate surface area is 164 Å². The number of allylic oxidation sites excluding steroid dienone is 1. The summed E-state index contributed by atoms with van der Waals surface area (Å²) in [6, 6.07) is 14.7. The van der Waals surface area contributed by atoms with E-state index in [0.29, 0.717) is 21.2 Å². The van der Waals surface area contributed by atoms with Gasteiger partial charge in [0.1, 0.15) is 5.82 Å². The quantitative estimate of drug-likeness (QED) is 0.823. The van der Waals surface area contributed by atoms with Gasteiger partial charge in [0.05, 0.1) is 22.4 Å². The van der Waals surface area contributed by atoms with E-state index >= 15 is 0 Å². The van der Waals surface area contributed by atoms with Gasteiger partial charge in [0.2, 0.25) is 5.91 Å². The second-order valence-corrected chi connectivity index (χ2v) is 7.88. The Morgan fingerprint density at radius 3 is 2.52 bits per heavy atom. The highest BCUT2D eigenvalue weighted by atomic mass is 35.5. The van der Waals surface area contributed by atoms with Gasteiger partial charge in [-0.3, -0.25) is 9.69 Å². The molecule has 4 rings (SSSR count). The number of rotatable bonds is 2. The predicted molar refractivity (Wildman–Crippen MR) is 101 cm³/mol. The fourth-order valence-electron chi connectivity index (χ4n) is 3.54. The molecule has 2 heterocycles. The first kappa shape index (κ1) is 18.1. The number of aliphatic hydroxyl groups is 1. The van der Waals surface area contributed by atoms with Crippen LogP contribution in [-0.2, 0) is 10.5 Å². The van der Waals surface area contributed by atoms with Crippen LogP contribution in [0.15, 0.2) is 59.1 Å². The zero-order chi connectivity index (χ0) is 19.2. The Morgan fingerprint density at radius 1 is 1.22 bits per heavy atom. The molecule has 0 radical (unpaired) electrons. The number of carbonyl (C=O) groups is 1. The number of nitrogens with zero attached hydrogens (tertiary/aromatic N) is 2. The second-order valence-electron chi connectivity index (χ2n) is 6.48. The van der Waals surface area contributed by atoms with E-state index in [0.717, 1.165) is 5.56 Å². The van der Waals surface area contributed by atoms with Crippen LogP contribution in [0.5, 0.6) is 0 Å². The molecule has 2 atom stereocenters. The van der Waals surface area contributed by atoms with Crippen molar-refractivity contribution in [2.45, 2.75) is 18.1 Å². The Kier molecular flexibility index (Phi) is 4.47. The van der Waals surface area contributed by atoms with Crippen LogP contribution in [0, 0.1) is 17.1 Å². The van der Waals surface area contributed by atoms with Crippen LogP contribution in [0.3, 0.4) is 0 Å². The number of halogens is 2. The van der Waals surface area contributed by atoms with Gasteiger partial charge in [0.25, 0.3) is 0 Å². The molecule has 2 unspecified atom stereocenters. The number of amides is 1. The van der Waals surface area contributed by atoms with Crippen molar-refractivity contribution < 1.29 is 14.3 Å². The minimum atomic E-state index is -1.60. The van der Waals surface area contributed by atoms with Crippen LogP contribution < -0.4 is 0 Å². The topological polar surface area (TPSA) is 64.3 Å². The molecule has 1 fully saturated rings. The fourth-order valence-corrected chi connectivity index (χ4v) is 5.02. The van der Waals surface area contributed by atoms with Crippen LogP contribution in [0.2, 0.25) is 5.02 Å². The highest BCUT2D eigenvalue weighted by Gasteiger charge is 2.51. The maximum absolute atomic E-state index is 13.3. The van der Waals surface area contributed by atoms with E-state index in [-0.39, 0.29) is 24.0 Å². The van der Waals surface area contributed by atoms with Crippen molar-refractivity contribution in [3.8, 4) is 6.07 Å². The molecule has 27 heavy (non-hydrogen) atoms. The molecule has 2 aromatic rings. The summed E-state index contributed by atoms with van der Waals surface area (Å²) in [5.41, 5.74) is 0.0916. The SMILES string of the molecule is N#CC1=C2SCC(O)(c3ccc(F)cc3)N2C(=O)CC1c1ccc(Cl)cc1. The number of hydrogen-bond acceptors (Lipinski definition) is 4. The van der Waals surface area contributed by atoms with Gasteiger partial charge in [-0.2, -0.15) is 5.26 Å². The van der Waals surface area contributed by atoms with Crippen LogP contribution in [-0.4, -0.2) is 21.7 Å². The molecule has 136 valence electrons. The maximum Gasteiger partial charge on any atom is 0.231 e. The summed E-state index contributed by atoms with van der Waals surface area (Å²) in [5.74, 6) is -0.901. The lowest BCUT2D eigenvalue weighted by molar-refractivity contribution is -0.149. The van der Waals surface area contributed by atoms with Gasteiger partial charge < -0.3 is 5.11 Å². The summed E-state index contributed by atoms with van der Waals surface area (Å²) in [4.78, 5) is 14.2. The van der Waals surface area contributed by atoms with Gasteiger partial charge in [-0.1, -0.05) is 35.9 Å². The van der Waals surface area contributed by atoms with Crippen LogP contribution in [0.1, 0.15) is 23.5 Å². The number of thioether (sulfide) groups is 1. The minimum Gasteiger partial charge on any atom is -0.366 e. The fraction of sp³-hybridized carbons (Fsp3) is 0.200. The van der Waals surface area contributed by atoms with E-state index in [9.17, 15) is 19.6 Å². The molecule has 2 aliphatic heterocycles. The highest BCUT2D eigenvalue weighted by molar-refractivity contribution is 8.03. The first-order valence-corrected chi connectivity index (χ1v) is 9.64. The van der Waals surface area contributed by atoms with Crippen LogP contribution in [0.25, 0.3) is 0 Å². The number of benzene rings is 2. The number of carbonyl (C=O) groups excluding carboxylic acids is 1. The average molecular weight is 401 g/mol. The van der Waals surface area contributed by atoms with Gasteiger partial charge in [-0.05, 0) is 29.8 Å². The van der Waals surface area contributed by atoms with Gasteiger partial charge in [0.15, 0.2) is 5.72 Å². The van der Waals surface area contributed by atoms with Crippen molar-refractivity contribution in [1.82, 2.24) is 4.90 Å². The average Bonchev–Trinajstić information content (AvgIpc) is 3.02. The molecule has 0 saturated carbocycles. The number of hydrogen-bond donors (Lipinski definition) is 1. The first-order valence-electron chi connectivity index (χ1n) is 8.28. The lowest BCUT2D eigenvalue weighted by Gasteiger charge is -2.38. The van der Waals surface area contributed by atoms with Gasteiger partial charge >= 0.3 is 0 Å². The van der Waals surface area contributed by atoms with Crippen LogP contribution in [0.4, 0.5) is 4.39 Å². The largest absolute Gasteiger partial charge is 0.366 e. The van der Waals surface area contributed by atoms with Crippen molar-refractivity contribution in [2.24, 2.45) is 0 Å². The molecule has 1 N–H and O–H groups in total. The molecule has 0 aromatic heterocycles. The molecular formula is C20H14ClFN2O2S. The monoisotopic (exact) mass is 400 g/mol. The van der Waals surface area contributed by atoms with E-state index in [4.69, 9.17) is 11.6 Å². The van der Waals surface area contributed by atoms with Crippen molar-refractivity contribution in [3.63, 3.8) is 0 Å². The maximum atomic E-state index is 13.3. The zero-order valence-electron chi connectivity index (χ0n) is 14.0. The van der Waals surface area contributed by atoms with Crippen molar-refractivity contribution in [3.05, 3.63) is 81.1 Å². The minimum absolute atomic E-state index is 0.0675. The predicted octanol–water partition coefficient (Wildman–Crippen LogP) is 4.12. The summed E-state index contributed by atoms with van der Waals surface area (Å²) in [5, 5.41) is 22.0. The Morgan fingerprint density at radius 2 is 1.89 bits per heavy atom. The summed E-state index contributed by atoms with van der Waals surface area (Å²) in [7, 11) is 0. The molecule has 1 amide bonds. The molecule has 2 aromatic carbocycles. The molecule has 0 spiro atoms. The van der Waals surface area contributed by atoms with E-state index in [2.05, 4.69) is 6.07 Å². The highest BCUT2D eigenvalue weighted by Crippen LogP contribution is 2.51. The standard InChI is InChI=1S/C20H14ClFN2O2S/c21-14-5-1-12(2-6-14)16-9-18(25)24-19(17(16)10-23)27-11-20(24,26)13-3-7-15(22)8-4-13/h1-8,16,26H,9,11H2. The van der Waals surface area contributed by atoms with Gasteiger partial charge in [0, 0.05) is 22.9 Å². The van der Waals surface area contributed by atoms with Crippen molar-refractivity contribution >= 4 is 29.3 Å². The van der Waals surface area contributed by atoms with Crippen molar-refractivity contribution in [2.75, 3.05) is 5.75 Å². The van der Waals surface area contributed by atoms with E-state index in [1.165, 1.54) is 40.9 Å². The Balaban J connectivity index is 1.79. The molecular weight excluding hydrogens is 387 g/mol. The molecule has 1 saturated heterocycles. The Hall–Kier alpha value is -2.33. The summed E-state index contributed by atoms with van der Waals surface area (Å²) >= 11 is 7.20. The molecule has 7 heteroatoms. The number of fused-ring (bicyclic) bond motifs is 1. The lowest BCUT2D eigenvalue weighted by atomic mass is 9.85. The third-order valence-corrected chi connectivity index (χ3v) is 6.36. The summed E-state index contributed by atoms with van der Waals surface area (Å²) in [6.07, 6.45) is 0.0675. The molecule has 2 aliphatic rings. The molecule has 0 aliphatic carbocycles. The van der Waals surface area contributed by atoms with Crippen LogP contribution >= 0.6 is 23.4 Å². The third kappa shape index (κ3) is 2.92. The summed E-state index contributed by atoms with van der Waals surface area (Å²) in [6.45, 7) is 0. The van der Waals surface area contributed by atoms with E-state index in [1.54, 1.807) is 24.3 Å². The third-order valence-electron chi connectivity index (χ3n) is 4.89. The molecule has 0 bridgehead atoms. The normalized spacial score (nSPS) is 24.7. The molecule has 4 nitrogen and oxygen atoms in total.